The van der Waals surface area contributed by atoms with E-state index < -0.39 is 0 Å². The largest absolute Gasteiger partial charge is 0.0654 e. The fourth-order valence-electron chi connectivity index (χ4n) is 11.7. The Balaban J connectivity index is 1.68. The van der Waals surface area contributed by atoms with E-state index in [0.29, 0.717) is 0 Å². The Kier molecular flexibility index (Phi) is 39.7. The van der Waals surface area contributed by atoms with E-state index in [1.165, 1.54) is 312 Å². The summed E-state index contributed by atoms with van der Waals surface area (Å²) in [7, 11) is 0. The first-order valence-corrected chi connectivity index (χ1v) is 33.9. The molecule has 0 spiro atoms. The van der Waals surface area contributed by atoms with Gasteiger partial charge >= 0.3 is 0 Å². The lowest BCUT2D eigenvalue weighted by molar-refractivity contribution is 0.555. The van der Waals surface area contributed by atoms with E-state index in [-0.39, 0.29) is 0 Å². The Labute approximate surface area is 484 Å². The first-order chi connectivity index (χ1) is 38.6. The van der Waals surface area contributed by atoms with E-state index >= 15 is 0 Å². The summed E-state index contributed by atoms with van der Waals surface area (Å²) in [5.74, 6) is 7.99. The molecular weight excluding hydrogens is 937 g/mol. The zero-order chi connectivity index (χ0) is 55.0. The van der Waals surface area contributed by atoms with Crippen molar-refractivity contribution in [2.75, 3.05) is 0 Å². The molecule has 0 saturated heterocycles. The monoisotopic (exact) mass is 1050 g/mol. The van der Waals surface area contributed by atoms with Crippen molar-refractivity contribution < 1.29 is 0 Å². The summed E-state index contributed by atoms with van der Waals surface area (Å²) in [5, 5.41) is 0. The molecule has 0 heterocycles. The van der Waals surface area contributed by atoms with Crippen LogP contribution in [-0.4, -0.2) is 0 Å². The van der Waals surface area contributed by atoms with Gasteiger partial charge in [-0.05, 0) is 108 Å². The van der Waals surface area contributed by atoms with Gasteiger partial charge in [-0.2, -0.15) is 0 Å². The van der Waals surface area contributed by atoms with Gasteiger partial charge in [-0.25, -0.2) is 0 Å². The number of hydrogen-bond acceptors (Lipinski definition) is 0. The molecule has 0 N–H and O–H groups in total. The zero-order valence-electron chi connectivity index (χ0n) is 51.5. The second-order valence-electron chi connectivity index (χ2n) is 23.9. The molecule has 0 heteroatoms. The maximum absolute atomic E-state index is 4.00. The average Bonchev–Trinajstić information content (AvgIpc) is 3.46. The Morgan fingerprint density at radius 1 is 0.244 bits per heavy atom. The van der Waals surface area contributed by atoms with E-state index in [4.69, 9.17) is 0 Å². The van der Waals surface area contributed by atoms with Crippen LogP contribution < -0.4 is 0 Å². The van der Waals surface area contributed by atoms with Crippen LogP contribution in [-0.2, 0) is 25.7 Å². The van der Waals surface area contributed by atoms with Crippen molar-refractivity contribution in [3.8, 4) is 11.8 Å². The Morgan fingerprint density at radius 3 is 0.731 bits per heavy atom. The van der Waals surface area contributed by atoms with Crippen LogP contribution in [0, 0.1) is 11.8 Å². The standard InChI is InChI=1S/C78H118/c1-5-9-13-17-21-25-29-33-37-47-55-71-67-77(73(57-49-39-35-31-27-23-19-15-11-7-3)65-75(71)61-59-69-51-43-41-44-52-69)63-64-78-68-72(56-48-38-34-30-26-22-18-14-10-6-2)76(62-60-70-53-45-42-46-54-70)66-74(78)58-50-40-36-32-28-24-20-16-12-8-4/h41-46,51-54,59-62,65-68H,5-40,47-50,55-58H2,1-4H3/b61-59+,62-60+. The van der Waals surface area contributed by atoms with Crippen molar-refractivity contribution in [1.29, 1.82) is 0 Å². The van der Waals surface area contributed by atoms with E-state index in [1.807, 2.05) is 0 Å². The van der Waals surface area contributed by atoms with Crippen molar-refractivity contribution in [3.63, 3.8) is 0 Å². The molecule has 0 aliphatic heterocycles. The first-order valence-electron chi connectivity index (χ1n) is 33.9. The number of aryl methyl sites for hydroxylation is 4. The molecule has 0 fully saturated rings. The molecule has 4 aromatic carbocycles. The molecule has 0 aliphatic rings. The van der Waals surface area contributed by atoms with Crippen molar-refractivity contribution in [2.45, 2.75) is 310 Å². The van der Waals surface area contributed by atoms with Gasteiger partial charge in [0, 0.05) is 11.1 Å². The highest BCUT2D eigenvalue weighted by Gasteiger charge is 2.12. The second kappa shape index (κ2) is 46.6. The van der Waals surface area contributed by atoms with Gasteiger partial charge in [-0.1, -0.05) is 368 Å². The predicted octanol–water partition coefficient (Wildman–Crippen LogP) is 25.3. The third-order valence-electron chi connectivity index (χ3n) is 16.8. The van der Waals surface area contributed by atoms with Gasteiger partial charge in [-0.15, -0.1) is 0 Å². The fourth-order valence-corrected chi connectivity index (χ4v) is 11.7. The number of rotatable bonds is 48. The smallest absolute Gasteiger partial charge is 0.0284 e. The molecule has 0 atom stereocenters. The number of hydrogen-bond donors (Lipinski definition) is 0. The lowest BCUT2D eigenvalue weighted by Gasteiger charge is -2.14. The highest BCUT2D eigenvalue weighted by molar-refractivity contribution is 5.74. The van der Waals surface area contributed by atoms with Crippen LogP contribution in [0.15, 0.2) is 84.9 Å². The van der Waals surface area contributed by atoms with E-state index in [0.717, 1.165) is 25.7 Å². The number of benzene rings is 4. The molecule has 78 heavy (non-hydrogen) atoms. The van der Waals surface area contributed by atoms with Gasteiger partial charge in [0.2, 0.25) is 0 Å². The van der Waals surface area contributed by atoms with Crippen LogP contribution in [0.5, 0.6) is 0 Å². The van der Waals surface area contributed by atoms with Gasteiger partial charge in [0.05, 0.1) is 0 Å². The van der Waals surface area contributed by atoms with Crippen LogP contribution in [0.2, 0.25) is 0 Å². The van der Waals surface area contributed by atoms with Gasteiger partial charge in [-0.3, -0.25) is 0 Å². The average molecular weight is 1060 g/mol. The molecule has 0 bridgehead atoms. The zero-order valence-corrected chi connectivity index (χ0v) is 51.5. The molecule has 0 aliphatic carbocycles. The molecule has 0 nitrogen and oxygen atoms in total. The highest BCUT2D eigenvalue weighted by atomic mass is 14.2. The van der Waals surface area contributed by atoms with Crippen LogP contribution in [0.1, 0.15) is 340 Å². The first kappa shape index (κ1) is 66.4. The number of unbranched alkanes of at least 4 members (excludes halogenated alkanes) is 36. The molecular formula is C78H118. The molecule has 0 amide bonds. The van der Waals surface area contributed by atoms with E-state index in [1.54, 1.807) is 0 Å². The summed E-state index contributed by atoms with van der Waals surface area (Å²) in [6, 6.07) is 32.1. The maximum Gasteiger partial charge on any atom is 0.0284 e. The second-order valence-corrected chi connectivity index (χ2v) is 23.9. The molecule has 0 unspecified atom stereocenters. The topological polar surface area (TPSA) is 0 Å². The molecule has 4 aromatic rings. The third-order valence-corrected chi connectivity index (χ3v) is 16.8. The van der Waals surface area contributed by atoms with E-state index in [9.17, 15) is 0 Å². The van der Waals surface area contributed by atoms with Crippen molar-refractivity contribution in [2.24, 2.45) is 0 Å². The summed E-state index contributed by atoms with van der Waals surface area (Å²) in [6.07, 6.45) is 68.5. The fraction of sp³-hybridized carbons (Fsp3) is 0.615. The van der Waals surface area contributed by atoms with Gasteiger partial charge in [0.25, 0.3) is 0 Å². The summed E-state index contributed by atoms with van der Waals surface area (Å²) in [4.78, 5) is 0. The van der Waals surface area contributed by atoms with Gasteiger partial charge in [0.1, 0.15) is 0 Å². The van der Waals surface area contributed by atoms with Crippen molar-refractivity contribution >= 4 is 24.3 Å². The minimum atomic E-state index is 1.10. The molecule has 0 aromatic heterocycles. The quantitative estimate of drug-likeness (QED) is 0.0235. The summed E-state index contributed by atoms with van der Waals surface area (Å²) in [6.45, 7) is 9.28. The third kappa shape index (κ3) is 31.6. The molecule has 0 radical (unpaired) electrons. The normalized spacial score (nSPS) is 11.6. The Hall–Kier alpha value is -4.08. The predicted molar refractivity (Wildman–Crippen MR) is 352 cm³/mol. The molecule has 430 valence electrons. The van der Waals surface area contributed by atoms with E-state index in [2.05, 4.69) is 149 Å². The molecule has 0 saturated carbocycles. The minimum absolute atomic E-state index is 1.10. The van der Waals surface area contributed by atoms with Crippen LogP contribution in [0.25, 0.3) is 24.3 Å². The lowest BCUT2D eigenvalue weighted by Crippen LogP contribution is -2.00. The van der Waals surface area contributed by atoms with Gasteiger partial charge in [0.15, 0.2) is 0 Å². The summed E-state index contributed by atoms with van der Waals surface area (Å²) < 4.78 is 0. The van der Waals surface area contributed by atoms with Crippen molar-refractivity contribution in [1.82, 2.24) is 0 Å². The van der Waals surface area contributed by atoms with Crippen molar-refractivity contribution in [3.05, 3.63) is 141 Å². The molecule has 4 rings (SSSR count). The van der Waals surface area contributed by atoms with Gasteiger partial charge < -0.3 is 0 Å². The Morgan fingerprint density at radius 2 is 0.474 bits per heavy atom. The SMILES string of the molecule is CCCCCCCCCCCCc1cc(/C=C/c2ccccc2)c(CCCCCCCCCCCC)cc1C#Cc1cc(CCCCCCCCCCCC)c(/C=C/c2ccccc2)cc1CCCCCCCCCCCC. The minimum Gasteiger partial charge on any atom is -0.0654 e. The maximum atomic E-state index is 4.00. The summed E-state index contributed by atoms with van der Waals surface area (Å²) in [5.41, 5.74) is 13.8. The van der Waals surface area contributed by atoms with Crippen LogP contribution in [0.3, 0.4) is 0 Å². The van der Waals surface area contributed by atoms with Crippen LogP contribution in [0.4, 0.5) is 0 Å². The van der Waals surface area contributed by atoms with Crippen LogP contribution >= 0.6 is 0 Å². The lowest BCUT2D eigenvalue weighted by atomic mass is 9.90. The highest BCUT2D eigenvalue weighted by Crippen LogP contribution is 2.28. The summed E-state index contributed by atoms with van der Waals surface area (Å²) >= 11 is 0. The Bertz CT molecular complexity index is 2000.